The summed E-state index contributed by atoms with van der Waals surface area (Å²) in [6.45, 7) is 2.07. The number of nitrogens with zero attached hydrogens (tertiary/aromatic N) is 2. The van der Waals surface area contributed by atoms with E-state index in [4.69, 9.17) is 23.2 Å². The molecule has 0 bridgehead atoms. The Bertz CT molecular complexity index is 595. The largest absolute Gasteiger partial charge is 0.354 e. The van der Waals surface area contributed by atoms with Crippen molar-refractivity contribution in [3.05, 3.63) is 39.6 Å². The van der Waals surface area contributed by atoms with E-state index in [-0.39, 0.29) is 6.04 Å². The van der Waals surface area contributed by atoms with Crippen LogP contribution in [0.1, 0.15) is 43.1 Å². The fourth-order valence-corrected chi connectivity index (χ4v) is 2.89. The number of rotatable bonds is 4. The van der Waals surface area contributed by atoms with Gasteiger partial charge in [-0.2, -0.15) is 4.37 Å². The molecule has 0 radical (unpaired) electrons. The highest BCUT2D eigenvalue weighted by Crippen LogP contribution is 2.39. The third-order valence-corrected chi connectivity index (χ3v) is 4.57. The second kappa shape index (κ2) is 5.27. The van der Waals surface area contributed by atoms with Crippen molar-refractivity contribution < 1.29 is 0 Å². The van der Waals surface area contributed by atoms with Gasteiger partial charge in [-0.05, 0) is 37.5 Å². The van der Waals surface area contributed by atoms with E-state index in [0.29, 0.717) is 16.0 Å². The average molecular weight is 314 g/mol. The maximum Gasteiger partial charge on any atom is 0.203 e. The second-order valence-corrected chi connectivity index (χ2v) is 6.34. The minimum Gasteiger partial charge on any atom is -0.354 e. The number of nitrogens with one attached hydrogen (secondary N) is 1. The lowest BCUT2D eigenvalue weighted by atomic mass is 10.1. The molecule has 1 unspecified atom stereocenters. The van der Waals surface area contributed by atoms with Gasteiger partial charge in [0.1, 0.15) is 5.82 Å². The minimum atomic E-state index is 0.120. The number of anilines is 1. The van der Waals surface area contributed by atoms with E-state index in [2.05, 4.69) is 21.6 Å². The number of hydrogen-bond acceptors (Lipinski definition) is 4. The molecule has 3 nitrogen and oxygen atoms in total. The van der Waals surface area contributed by atoms with Gasteiger partial charge in [0.05, 0.1) is 16.1 Å². The van der Waals surface area contributed by atoms with Gasteiger partial charge in [0, 0.05) is 17.5 Å². The lowest BCUT2D eigenvalue weighted by Crippen LogP contribution is -2.06. The molecule has 1 aliphatic rings. The Hall–Kier alpha value is -0.840. The molecule has 1 aromatic carbocycles. The number of halogens is 2. The summed E-state index contributed by atoms with van der Waals surface area (Å²) >= 11 is 13.4. The van der Waals surface area contributed by atoms with Crippen molar-refractivity contribution in [3.63, 3.8) is 0 Å². The molecule has 0 aliphatic heterocycles. The molecule has 19 heavy (non-hydrogen) atoms. The van der Waals surface area contributed by atoms with Crippen LogP contribution in [0.2, 0.25) is 10.0 Å². The van der Waals surface area contributed by atoms with Crippen LogP contribution in [0.15, 0.2) is 18.2 Å². The monoisotopic (exact) mass is 313 g/mol. The Morgan fingerprint density at radius 3 is 2.79 bits per heavy atom. The molecule has 1 N–H and O–H groups in total. The quantitative estimate of drug-likeness (QED) is 0.872. The summed E-state index contributed by atoms with van der Waals surface area (Å²) in [4.78, 5) is 4.51. The van der Waals surface area contributed by atoms with Gasteiger partial charge in [-0.15, -0.1) is 0 Å². The van der Waals surface area contributed by atoms with Gasteiger partial charge in [-0.1, -0.05) is 29.3 Å². The molecule has 0 spiro atoms. The molecule has 0 saturated heterocycles. The molecule has 1 saturated carbocycles. The van der Waals surface area contributed by atoms with E-state index in [9.17, 15) is 0 Å². The van der Waals surface area contributed by atoms with Crippen molar-refractivity contribution in [3.8, 4) is 0 Å². The van der Waals surface area contributed by atoms with E-state index < -0.39 is 0 Å². The van der Waals surface area contributed by atoms with Crippen LogP contribution in [0.3, 0.4) is 0 Å². The first-order valence-electron chi connectivity index (χ1n) is 6.18. The molecule has 1 aliphatic carbocycles. The van der Waals surface area contributed by atoms with Crippen molar-refractivity contribution in [2.24, 2.45) is 0 Å². The van der Waals surface area contributed by atoms with Crippen molar-refractivity contribution in [1.82, 2.24) is 9.36 Å². The van der Waals surface area contributed by atoms with Gasteiger partial charge in [-0.3, -0.25) is 0 Å². The summed E-state index contributed by atoms with van der Waals surface area (Å²) in [6.07, 6.45) is 2.44. The molecule has 1 atom stereocenters. The van der Waals surface area contributed by atoms with Crippen LogP contribution < -0.4 is 5.32 Å². The van der Waals surface area contributed by atoms with Crippen molar-refractivity contribution in [2.45, 2.75) is 31.7 Å². The molecule has 1 heterocycles. The van der Waals surface area contributed by atoms with Crippen LogP contribution in [0.5, 0.6) is 0 Å². The minimum absolute atomic E-state index is 0.120. The molecule has 1 fully saturated rings. The summed E-state index contributed by atoms with van der Waals surface area (Å²) in [5.74, 6) is 1.57. The van der Waals surface area contributed by atoms with E-state index in [1.54, 1.807) is 0 Å². The van der Waals surface area contributed by atoms with E-state index in [0.717, 1.165) is 16.5 Å². The Kier molecular flexibility index (Phi) is 3.65. The predicted octanol–water partition coefficient (Wildman–Crippen LogP) is 4.90. The molecular weight excluding hydrogens is 301 g/mol. The van der Waals surface area contributed by atoms with Crippen LogP contribution in [-0.4, -0.2) is 9.36 Å². The smallest absolute Gasteiger partial charge is 0.203 e. The van der Waals surface area contributed by atoms with Crippen molar-refractivity contribution in [1.29, 1.82) is 0 Å². The Morgan fingerprint density at radius 1 is 1.32 bits per heavy atom. The zero-order chi connectivity index (χ0) is 13.4. The molecule has 6 heteroatoms. The first-order valence-corrected chi connectivity index (χ1v) is 7.71. The van der Waals surface area contributed by atoms with Gasteiger partial charge < -0.3 is 5.32 Å². The fraction of sp³-hybridized carbons (Fsp3) is 0.385. The summed E-state index contributed by atoms with van der Waals surface area (Å²) in [5, 5.41) is 5.36. The molecule has 100 valence electrons. The van der Waals surface area contributed by atoms with E-state index >= 15 is 0 Å². The van der Waals surface area contributed by atoms with Crippen LogP contribution in [0.4, 0.5) is 5.13 Å². The Balaban J connectivity index is 1.72. The second-order valence-electron chi connectivity index (χ2n) is 4.77. The zero-order valence-corrected chi connectivity index (χ0v) is 12.7. The first kappa shape index (κ1) is 13.2. The summed E-state index contributed by atoms with van der Waals surface area (Å²) in [6, 6.07) is 5.78. The lowest BCUT2D eigenvalue weighted by Gasteiger charge is -2.13. The van der Waals surface area contributed by atoms with Gasteiger partial charge in [0.25, 0.3) is 0 Å². The Labute approximate surface area is 126 Å². The highest BCUT2D eigenvalue weighted by atomic mass is 35.5. The number of benzene rings is 1. The maximum atomic E-state index is 6.03. The van der Waals surface area contributed by atoms with E-state index in [1.165, 1.54) is 24.4 Å². The van der Waals surface area contributed by atoms with Crippen LogP contribution in [0.25, 0.3) is 0 Å². The standard InChI is InChI=1S/C13H13Cl2N3S/c1-7(9-4-5-10(14)11(15)6-9)16-13-17-12(18-19-13)8-2-3-8/h4-8H,2-3H2,1H3,(H,16,17,18). The Morgan fingerprint density at radius 2 is 2.11 bits per heavy atom. The fourth-order valence-electron chi connectivity index (χ4n) is 1.85. The van der Waals surface area contributed by atoms with Crippen LogP contribution >= 0.6 is 34.7 Å². The van der Waals surface area contributed by atoms with Crippen LogP contribution in [0, 0.1) is 0 Å². The SMILES string of the molecule is CC(Nc1nc(C2CC2)ns1)c1ccc(Cl)c(Cl)c1. The number of hydrogen-bond donors (Lipinski definition) is 1. The normalized spacial score (nSPS) is 16.4. The zero-order valence-electron chi connectivity index (χ0n) is 10.4. The summed E-state index contributed by atoms with van der Waals surface area (Å²) in [7, 11) is 0. The maximum absolute atomic E-state index is 6.03. The van der Waals surface area contributed by atoms with Gasteiger partial charge in [-0.25, -0.2) is 4.98 Å². The lowest BCUT2D eigenvalue weighted by molar-refractivity contribution is 0.875. The molecular formula is C13H13Cl2N3S. The number of aromatic nitrogens is 2. The van der Waals surface area contributed by atoms with Crippen molar-refractivity contribution in [2.75, 3.05) is 5.32 Å². The first-order chi connectivity index (χ1) is 9.13. The van der Waals surface area contributed by atoms with Gasteiger partial charge in [0.2, 0.25) is 5.13 Å². The molecule has 1 aromatic heterocycles. The predicted molar refractivity (Wildman–Crippen MR) is 80.4 cm³/mol. The summed E-state index contributed by atoms with van der Waals surface area (Å²) in [5.41, 5.74) is 1.08. The van der Waals surface area contributed by atoms with Gasteiger partial charge >= 0.3 is 0 Å². The molecule has 3 rings (SSSR count). The highest BCUT2D eigenvalue weighted by molar-refractivity contribution is 7.09. The van der Waals surface area contributed by atoms with Crippen molar-refractivity contribution >= 4 is 39.9 Å². The molecule has 0 amide bonds. The summed E-state index contributed by atoms with van der Waals surface area (Å²) < 4.78 is 4.38. The highest BCUT2D eigenvalue weighted by Gasteiger charge is 2.28. The average Bonchev–Trinajstić information content (AvgIpc) is 3.14. The topological polar surface area (TPSA) is 37.8 Å². The molecule has 2 aromatic rings. The van der Waals surface area contributed by atoms with Gasteiger partial charge in [0.15, 0.2) is 0 Å². The third-order valence-electron chi connectivity index (χ3n) is 3.17. The van der Waals surface area contributed by atoms with Crippen LogP contribution in [-0.2, 0) is 0 Å². The third kappa shape index (κ3) is 3.02. The van der Waals surface area contributed by atoms with E-state index in [1.807, 2.05) is 18.2 Å².